The van der Waals surface area contributed by atoms with Gasteiger partial charge in [0.1, 0.15) is 22.3 Å². The fourth-order valence-corrected chi connectivity index (χ4v) is 18.3. The Bertz CT molecular complexity index is 7210. The van der Waals surface area contributed by atoms with Gasteiger partial charge in [-0.05, 0) is 160 Å². The number of furan rings is 2. The molecule has 8 nitrogen and oxygen atoms in total. The summed E-state index contributed by atoms with van der Waals surface area (Å²) in [6.07, 6.45) is 0. The van der Waals surface area contributed by atoms with Crippen molar-refractivity contribution in [1.29, 1.82) is 0 Å². The molecule has 8 heteroatoms. The van der Waals surface area contributed by atoms with Crippen molar-refractivity contribution in [3.8, 4) is 146 Å². The van der Waals surface area contributed by atoms with Crippen molar-refractivity contribution in [3.63, 3.8) is 0 Å². The van der Waals surface area contributed by atoms with Gasteiger partial charge < -0.3 is 8.83 Å². The topological polar surface area (TPSA) is 104 Å². The van der Waals surface area contributed by atoms with Gasteiger partial charge in [-0.1, -0.05) is 341 Å². The Morgan fingerprint density at radius 2 is 0.588 bits per heavy atom. The molecule has 16 aromatic carbocycles. The summed E-state index contributed by atoms with van der Waals surface area (Å²) in [5, 5.41) is 3.95. The molecule has 2 aliphatic rings. The predicted octanol–water partition coefficient (Wildman–Crippen LogP) is 26.9. The van der Waals surface area contributed by atoms with Gasteiger partial charge in [-0.2, -0.15) is 0 Å². The third-order valence-electron chi connectivity index (χ3n) is 23.5. The molecule has 4 heterocycles. The van der Waals surface area contributed by atoms with Gasteiger partial charge in [-0.3, -0.25) is 0 Å². The van der Waals surface area contributed by atoms with Gasteiger partial charge in [0.05, 0.1) is 16.5 Å². The van der Waals surface area contributed by atoms with E-state index in [2.05, 4.69) is 378 Å². The number of aromatic nitrogens is 6. The lowest BCUT2D eigenvalue weighted by molar-refractivity contribution is 0.661. The lowest BCUT2D eigenvalue weighted by Crippen LogP contribution is -2.28. The molecule has 0 unspecified atom stereocenters. The molecule has 534 valence electrons. The summed E-state index contributed by atoms with van der Waals surface area (Å²) in [6, 6.07) is 134. The van der Waals surface area contributed by atoms with Crippen LogP contribution in [0.2, 0.25) is 0 Å². The molecule has 20 aromatic rings. The largest absolute Gasteiger partial charge is 0.455 e. The number of para-hydroxylation sites is 3. The first-order chi connectivity index (χ1) is 56.3. The van der Waals surface area contributed by atoms with E-state index in [1.165, 1.54) is 44.5 Å². The third kappa shape index (κ3) is 10.6. The van der Waals surface area contributed by atoms with Crippen LogP contribution in [0.1, 0.15) is 47.2 Å². The van der Waals surface area contributed by atoms with E-state index in [1.807, 2.05) is 12.1 Å². The Morgan fingerprint density at radius 1 is 0.211 bits per heavy atom. The summed E-state index contributed by atoms with van der Waals surface area (Å²) >= 11 is 0. The Hall–Kier alpha value is -14.9. The number of rotatable bonds is 13. The van der Waals surface area contributed by atoms with Gasteiger partial charge in [-0.15, -0.1) is 0 Å². The first kappa shape index (κ1) is 66.2. The zero-order chi connectivity index (χ0) is 75.6. The van der Waals surface area contributed by atoms with E-state index < -0.39 is 5.41 Å². The van der Waals surface area contributed by atoms with Crippen LogP contribution in [0.15, 0.2) is 385 Å². The van der Waals surface area contributed by atoms with Crippen LogP contribution in [-0.2, 0) is 10.8 Å². The lowest BCUT2D eigenvalue weighted by Gasteiger charge is -2.33. The summed E-state index contributed by atoms with van der Waals surface area (Å²) in [6.45, 7) is 4.62. The van der Waals surface area contributed by atoms with Crippen molar-refractivity contribution in [2.24, 2.45) is 0 Å². The molecular formula is C106H68N6O2. The molecule has 0 aliphatic heterocycles. The summed E-state index contributed by atoms with van der Waals surface area (Å²) in [4.78, 5) is 33.3. The molecule has 0 atom stereocenters. The number of fused-ring (bicyclic) bond motifs is 12. The van der Waals surface area contributed by atoms with Gasteiger partial charge in [0, 0.05) is 49.2 Å². The molecule has 22 rings (SSSR count). The van der Waals surface area contributed by atoms with Crippen LogP contribution in [0, 0.1) is 0 Å². The normalized spacial score (nSPS) is 13.0. The molecule has 2 aliphatic carbocycles. The molecule has 0 amide bonds. The van der Waals surface area contributed by atoms with Crippen molar-refractivity contribution in [2.45, 2.75) is 24.7 Å². The fraction of sp³-hybridized carbons (Fsp3) is 0.0377. The lowest BCUT2D eigenvalue weighted by atomic mass is 9.67. The standard InChI is InChI=1S/C106H68N6O2/c1-105(2)90-50-20-17-39-76(90)78-43-24-47-85(96(78)105)102-108-99(81-41-16-15-38-75(81)68-56-54-66(55-57-68)65-28-7-3-8-29-65)109-104(112-102)87-49-26-45-80-89-64-72(59-61-94(89)114-98(80)87)70-33-23-32-69(62-70)71-58-60-82(88(63-71)67-30-9-4-10-31-67)100-107-101(111-103(110-100)86-48-25-44-79-77-40-19-22-53-93(77)113-97(79)86)84-46-27-52-92-95(84)83-42-18-21-51-91(83)106(92,73-34-11-5-12-35-73)74-36-13-6-14-37-74/h3-64H,1-2H3. The van der Waals surface area contributed by atoms with Crippen molar-refractivity contribution < 1.29 is 8.83 Å². The molecule has 0 saturated carbocycles. The molecule has 114 heavy (non-hydrogen) atoms. The maximum atomic E-state index is 7.06. The highest BCUT2D eigenvalue weighted by molar-refractivity contribution is 6.11. The molecule has 0 N–H and O–H groups in total. The zero-order valence-electron chi connectivity index (χ0n) is 62.3. The number of benzene rings is 16. The molecule has 4 aromatic heterocycles. The van der Waals surface area contributed by atoms with E-state index in [4.69, 9.17) is 38.7 Å². The predicted molar refractivity (Wildman–Crippen MR) is 462 cm³/mol. The van der Waals surface area contributed by atoms with Crippen LogP contribution >= 0.6 is 0 Å². The van der Waals surface area contributed by atoms with Crippen LogP contribution < -0.4 is 0 Å². The molecule has 0 radical (unpaired) electrons. The zero-order valence-corrected chi connectivity index (χ0v) is 62.3. The first-order valence-electron chi connectivity index (χ1n) is 38.8. The van der Waals surface area contributed by atoms with E-state index in [0.717, 1.165) is 133 Å². The van der Waals surface area contributed by atoms with Crippen LogP contribution in [-0.4, -0.2) is 29.9 Å². The number of hydrogen-bond acceptors (Lipinski definition) is 8. The van der Waals surface area contributed by atoms with E-state index in [-0.39, 0.29) is 5.41 Å². The smallest absolute Gasteiger partial charge is 0.167 e. The van der Waals surface area contributed by atoms with Gasteiger partial charge in [0.15, 0.2) is 34.9 Å². The second-order valence-corrected chi connectivity index (χ2v) is 30.2. The average molecular weight is 1460 g/mol. The van der Waals surface area contributed by atoms with Gasteiger partial charge in [0.25, 0.3) is 0 Å². The molecule has 0 spiro atoms. The second-order valence-electron chi connectivity index (χ2n) is 30.2. The van der Waals surface area contributed by atoms with Gasteiger partial charge in [-0.25, -0.2) is 29.9 Å². The van der Waals surface area contributed by atoms with Crippen molar-refractivity contribution in [3.05, 3.63) is 409 Å². The Balaban J connectivity index is 0.667. The fourth-order valence-electron chi connectivity index (χ4n) is 18.3. The Morgan fingerprint density at radius 3 is 1.25 bits per heavy atom. The van der Waals surface area contributed by atoms with Gasteiger partial charge in [0.2, 0.25) is 0 Å². The van der Waals surface area contributed by atoms with E-state index in [0.29, 0.717) is 46.1 Å². The second kappa shape index (κ2) is 26.4. The Labute approximate surface area is 658 Å². The minimum absolute atomic E-state index is 0.331. The molecule has 0 fully saturated rings. The van der Waals surface area contributed by atoms with E-state index >= 15 is 0 Å². The van der Waals surface area contributed by atoms with Crippen molar-refractivity contribution in [1.82, 2.24) is 29.9 Å². The molecule has 0 saturated heterocycles. The van der Waals surface area contributed by atoms with Crippen LogP contribution in [0.3, 0.4) is 0 Å². The van der Waals surface area contributed by atoms with E-state index in [1.54, 1.807) is 0 Å². The van der Waals surface area contributed by atoms with Crippen molar-refractivity contribution >= 4 is 43.9 Å². The maximum absolute atomic E-state index is 7.06. The Kier molecular flexibility index (Phi) is 15.3. The number of nitrogens with zero attached hydrogens (tertiary/aromatic N) is 6. The highest BCUT2D eigenvalue weighted by Crippen LogP contribution is 2.59. The summed E-state index contributed by atoms with van der Waals surface area (Å²) in [5.41, 5.74) is 29.5. The SMILES string of the molecule is CC1(C)c2ccccc2-c2cccc(-c3nc(-c4ccccc4-c4ccc(-c5ccccc5)cc4)nc(-c4cccc5c4oc4ccc(-c6cccc(-c7ccc(-c8nc(-c9cccc%10c9-c9ccccc9C%10(c9ccccc9)c9ccccc9)nc(-c9cccc%10c9oc9ccccc9%10)n8)c(-c8ccccc8)c7)c6)cc45)n3)c21. The third-order valence-corrected chi connectivity index (χ3v) is 23.5. The minimum atomic E-state index is -0.639. The summed E-state index contributed by atoms with van der Waals surface area (Å²) < 4.78 is 13.9. The highest BCUT2D eigenvalue weighted by Gasteiger charge is 2.47. The quantitative estimate of drug-likeness (QED) is 0.112. The van der Waals surface area contributed by atoms with Crippen LogP contribution in [0.4, 0.5) is 0 Å². The monoisotopic (exact) mass is 1460 g/mol. The van der Waals surface area contributed by atoms with Crippen LogP contribution in [0.25, 0.3) is 190 Å². The summed E-state index contributed by atoms with van der Waals surface area (Å²) in [5.74, 6) is 3.27. The first-order valence-corrected chi connectivity index (χ1v) is 38.8. The highest BCUT2D eigenvalue weighted by atomic mass is 16.3. The van der Waals surface area contributed by atoms with Gasteiger partial charge >= 0.3 is 0 Å². The van der Waals surface area contributed by atoms with Crippen LogP contribution in [0.5, 0.6) is 0 Å². The number of hydrogen-bond donors (Lipinski definition) is 0. The maximum Gasteiger partial charge on any atom is 0.167 e. The summed E-state index contributed by atoms with van der Waals surface area (Å²) in [7, 11) is 0. The average Bonchev–Trinajstić information content (AvgIpc) is 1.53. The molecular weight excluding hydrogens is 1390 g/mol. The minimum Gasteiger partial charge on any atom is -0.455 e. The molecule has 0 bridgehead atoms. The van der Waals surface area contributed by atoms with E-state index in [9.17, 15) is 0 Å². The van der Waals surface area contributed by atoms with Crippen molar-refractivity contribution in [2.75, 3.05) is 0 Å².